The molecule has 0 aliphatic carbocycles. The zero-order chi connectivity index (χ0) is 14.5. The van der Waals surface area contributed by atoms with Crippen LogP contribution < -0.4 is 4.72 Å². The van der Waals surface area contributed by atoms with Gasteiger partial charge in [-0.2, -0.15) is 4.72 Å². The van der Waals surface area contributed by atoms with Crippen molar-refractivity contribution in [2.24, 2.45) is 0 Å². The predicted octanol–water partition coefficient (Wildman–Crippen LogP) is 0.825. The Labute approximate surface area is 112 Å². The Hall–Kier alpha value is -1.41. The van der Waals surface area contributed by atoms with Crippen LogP contribution in [0.4, 0.5) is 0 Å². The van der Waals surface area contributed by atoms with E-state index < -0.39 is 22.0 Å². The van der Waals surface area contributed by atoms with Crippen LogP contribution in [0.15, 0.2) is 17.6 Å². The molecule has 0 bridgehead atoms. The zero-order valence-electron chi connectivity index (χ0n) is 11.0. The molecule has 108 valence electrons. The molecule has 19 heavy (non-hydrogen) atoms. The van der Waals surface area contributed by atoms with Gasteiger partial charge in [0.2, 0.25) is 0 Å². The lowest BCUT2D eigenvalue weighted by molar-refractivity contribution is -0.139. The fourth-order valence-electron chi connectivity index (χ4n) is 1.66. The normalized spacial score (nSPS) is 13.4. The summed E-state index contributed by atoms with van der Waals surface area (Å²) >= 11 is 0. The van der Waals surface area contributed by atoms with Crippen molar-refractivity contribution in [2.75, 3.05) is 0 Å². The van der Waals surface area contributed by atoms with Crippen molar-refractivity contribution in [1.82, 2.24) is 14.3 Å². The number of nitrogens with zero attached hydrogens (tertiary/aromatic N) is 2. The van der Waals surface area contributed by atoms with Crippen molar-refractivity contribution in [3.05, 3.63) is 12.5 Å². The molecule has 0 aliphatic heterocycles. The first-order valence-electron chi connectivity index (χ1n) is 6.17. The Morgan fingerprint density at radius 3 is 2.74 bits per heavy atom. The van der Waals surface area contributed by atoms with Crippen molar-refractivity contribution in [2.45, 2.75) is 50.7 Å². The lowest BCUT2D eigenvalue weighted by atomic mass is 10.1. The molecule has 0 amide bonds. The highest BCUT2D eigenvalue weighted by atomic mass is 32.2. The number of carbonyl (C=O) groups is 1. The molecule has 0 saturated heterocycles. The minimum atomic E-state index is -3.86. The first kappa shape index (κ1) is 15.6. The van der Waals surface area contributed by atoms with E-state index in [1.165, 1.54) is 17.1 Å². The highest BCUT2D eigenvalue weighted by molar-refractivity contribution is 7.89. The number of aromatic nitrogens is 2. The van der Waals surface area contributed by atoms with Crippen LogP contribution in [0.5, 0.6) is 0 Å². The van der Waals surface area contributed by atoms with E-state index in [1.54, 1.807) is 6.92 Å². The topological polar surface area (TPSA) is 101 Å². The van der Waals surface area contributed by atoms with E-state index in [4.69, 9.17) is 5.11 Å². The van der Waals surface area contributed by atoms with Crippen LogP contribution >= 0.6 is 0 Å². The van der Waals surface area contributed by atoms with Gasteiger partial charge >= 0.3 is 5.97 Å². The Bertz CT molecular complexity index is 524. The summed E-state index contributed by atoms with van der Waals surface area (Å²) in [5, 5.41) is 9.02. The molecule has 0 radical (unpaired) electrons. The lowest BCUT2D eigenvalue weighted by Gasteiger charge is -2.14. The highest BCUT2D eigenvalue weighted by Gasteiger charge is 2.26. The SMILES string of the molecule is CCCC[C@H](NS(=O)(=O)c1cncn1CC)C(=O)O. The van der Waals surface area contributed by atoms with E-state index in [1.807, 2.05) is 6.92 Å². The van der Waals surface area contributed by atoms with Gasteiger partial charge in [0.25, 0.3) is 10.0 Å². The van der Waals surface area contributed by atoms with Crippen molar-refractivity contribution >= 4 is 16.0 Å². The third-order valence-corrected chi connectivity index (χ3v) is 4.22. The van der Waals surface area contributed by atoms with E-state index in [9.17, 15) is 13.2 Å². The molecule has 0 spiro atoms. The lowest BCUT2D eigenvalue weighted by Crippen LogP contribution is -2.41. The summed E-state index contributed by atoms with van der Waals surface area (Å²) in [5.41, 5.74) is 0. The summed E-state index contributed by atoms with van der Waals surface area (Å²) in [5.74, 6) is -1.17. The largest absolute Gasteiger partial charge is 0.480 e. The van der Waals surface area contributed by atoms with Crippen molar-refractivity contribution < 1.29 is 18.3 Å². The first-order chi connectivity index (χ1) is 8.92. The molecular weight excluding hydrogens is 270 g/mol. The van der Waals surface area contributed by atoms with Gasteiger partial charge in [-0.1, -0.05) is 19.8 Å². The molecule has 8 heteroatoms. The second kappa shape index (κ2) is 6.67. The molecule has 0 fully saturated rings. The summed E-state index contributed by atoms with van der Waals surface area (Å²) in [7, 11) is -3.86. The third-order valence-electron chi connectivity index (χ3n) is 2.73. The second-order valence-corrected chi connectivity index (χ2v) is 5.83. The summed E-state index contributed by atoms with van der Waals surface area (Å²) in [4.78, 5) is 14.8. The maximum Gasteiger partial charge on any atom is 0.321 e. The molecule has 1 aromatic heterocycles. The van der Waals surface area contributed by atoms with Gasteiger partial charge in [0.1, 0.15) is 6.04 Å². The summed E-state index contributed by atoms with van der Waals surface area (Å²) < 4.78 is 27.9. The van der Waals surface area contributed by atoms with E-state index in [2.05, 4.69) is 9.71 Å². The third kappa shape index (κ3) is 4.03. The van der Waals surface area contributed by atoms with Gasteiger partial charge in [-0.05, 0) is 13.3 Å². The van der Waals surface area contributed by atoms with E-state index in [-0.39, 0.29) is 11.4 Å². The smallest absolute Gasteiger partial charge is 0.321 e. The molecule has 1 heterocycles. The number of sulfonamides is 1. The monoisotopic (exact) mass is 289 g/mol. The fourth-order valence-corrected chi connectivity index (χ4v) is 3.06. The zero-order valence-corrected chi connectivity index (χ0v) is 11.9. The second-order valence-electron chi connectivity index (χ2n) is 4.17. The van der Waals surface area contributed by atoms with Crippen LogP contribution in [0.3, 0.4) is 0 Å². The molecular formula is C11H19N3O4S. The molecule has 1 atom stereocenters. The van der Waals surface area contributed by atoms with E-state index in [0.29, 0.717) is 13.0 Å². The number of carboxylic acids is 1. The standard InChI is InChI=1S/C11H19N3O4S/c1-3-5-6-9(11(15)16)13-19(17,18)10-7-12-8-14(10)4-2/h7-9,13H,3-6H2,1-2H3,(H,15,16)/t9-/m0/s1. The van der Waals surface area contributed by atoms with Crippen LogP contribution in [0.1, 0.15) is 33.1 Å². The number of imidazole rings is 1. The van der Waals surface area contributed by atoms with Gasteiger partial charge < -0.3 is 9.67 Å². The molecule has 0 saturated carbocycles. The van der Waals surface area contributed by atoms with Crippen LogP contribution in [-0.4, -0.2) is 35.1 Å². The minimum absolute atomic E-state index is 0.0160. The van der Waals surface area contributed by atoms with Crippen LogP contribution in [0, 0.1) is 0 Å². The molecule has 0 aromatic carbocycles. The summed E-state index contributed by atoms with van der Waals surface area (Å²) in [6, 6.07) is -1.11. The number of hydrogen-bond acceptors (Lipinski definition) is 4. The van der Waals surface area contributed by atoms with Gasteiger partial charge in [0.15, 0.2) is 5.03 Å². The minimum Gasteiger partial charge on any atom is -0.480 e. The number of carboxylic acid groups (broad SMARTS) is 1. The van der Waals surface area contributed by atoms with Crippen LogP contribution in [-0.2, 0) is 21.4 Å². The van der Waals surface area contributed by atoms with Crippen molar-refractivity contribution in [3.63, 3.8) is 0 Å². The number of aliphatic carboxylic acids is 1. The molecule has 0 unspecified atom stereocenters. The Morgan fingerprint density at radius 2 is 2.21 bits per heavy atom. The Balaban J connectivity index is 2.91. The maximum atomic E-state index is 12.1. The van der Waals surface area contributed by atoms with E-state index >= 15 is 0 Å². The Morgan fingerprint density at radius 1 is 1.53 bits per heavy atom. The average molecular weight is 289 g/mol. The number of hydrogen-bond donors (Lipinski definition) is 2. The summed E-state index contributed by atoms with van der Waals surface area (Å²) in [6.45, 7) is 4.15. The van der Waals surface area contributed by atoms with Crippen molar-refractivity contribution in [1.29, 1.82) is 0 Å². The van der Waals surface area contributed by atoms with Gasteiger partial charge in [-0.15, -0.1) is 0 Å². The molecule has 1 aromatic rings. The number of unbranched alkanes of at least 4 members (excludes halogenated alkanes) is 1. The maximum absolute atomic E-state index is 12.1. The number of nitrogens with one attached hydrogen (secondary N) is 1. The predicted molar refractivity (Wildman–Crippen MR) is 69.2 cm³/mol. The van der Waals surface area contributed by atoms with Crippen LogP contribution in [0.25, 0.3) is 0 Å². The van der Waals surface area contributed by atoms with Crippen LogP contribution in [0.2, 0.25) is 0 Å². The molecule has 1 rings (SSSR count). The van der Waals surface area contributed by atoms with Gasteiger partial charge in [-0.25, -0.2) is 13.4 Å². The fraction of sp³-hybridized carbons (Fsp3) is 0.636. The first-order valence-corrected chi connectivity index (χ1v) is 7.66. The van der Waals surface area contributed by atoms with Gasteiger partial charge in [0, 0.05) is 6.54 Å². The van der Waals surface area contributed by atoms with E-state index in [0.717, 1.165) is 6.42 Å². The molecule has 7 nitrogen and oxygen atoms in total. The van der Waals surface area contributed by atoms with Crippen molar-refractivity contribution in [3.8, 4) is 0 Å². The highest BCUT2D eigenvalue weighted by Crippen LogP contribution is 2.11. The van der Waals surface area contributed by atoms with Gasteiger partial charge in [0.05, 0.1) is 12.5 Å². The molecule has 0 aliphatic rings. The summed E-state index contributed by atoms with van der Waals surface area (Å²) in [6.07, 6.45) is 4.33. The van der Waals surface area contributed by atoms with Gasteiger partial charge in [-0.3, -0.25) is 4.79 Å². The number of rotatable bonds is 8. The average Bonchev–Trinajstić information content (AvgIpc) is 2.83. The number of aryl methyl sites for hydroxylation is 1. The molecule has 2 N–H and O–H groups in total. The quantitative estimate of drug-likeness (QED) is 0.738. The Kier molecular flexibility index (Phi) is 5.49.